The monoisotopic (exact) mass is 334 g/mol. The fourth-order valence-corrected chi connectivity index (χ4v) is 5.40. The molecule has 25 heavy (non-hydrogen) atoms. The van der Waals surface area contributed by atoms with Crippen molar-refractivity contribution in [3.8, 4) is 0 Å². The molecule has 1 aliphatic heterocycles. The van der Waals surface area contributed by atoms with Crippen molar-refractivity contribution in [1.82, 2.24) is 4.57 Å². The van der Waals surface area contributed by atoms with E-state index < -0.39 is 0 Å². The molecule has 3 heteroatoms. The summed E-state index contributed by atoms with van der Waals surface area (Å²) in [5.74, 6) is 1.19. The lowest BCUT2D eigenvalue weighted by Gasteiger charge is -2.45. The van der Waals surface area contributed by atoms with Crippen LogP contribution in [0, 0.1) is 6.92 Å². The Kier molecular flexibility index (Phi) is 3.13. The van der Waals surface area contributed by atoms with Crippen LogP contribution in [0.5, 0.6) is 0 Å². The second-order valence-corrected chi connectivity index (χ2v) is 7.91. The first-order chi connectivity index (χ1) is 12.1. The molecule has 1 fully saturated rings. The average Bonchev–Trinajstić information content (AvgIpc) is 3.23. The average molecular weight is 334 g/mol. The second-order valence-electron chi connectivity index (χ2n) is 7.91. The maximum atomic E-state index is 6.43. The molecule has 0 radical (unpaired) electrons. The minimum absolute atomic E-state index is 0.0890. The Morgan fingerprint density at radius 2 is 1.84 bits per heavy atom. The van der Waals surface area contributed by atoms with E-state index in [1.807, 2.05) is 0 Å². The van der Waals surface area contributed by atoms with Crippen molar-refractivity contribution < 1.29 is 4.42 Å². The molecule has 1 aliphatic carbocycles. The Morgan fingerprint density at radius 1 is 1.08 bits per heavy atom. The van der Waals surface area contributed by atoms with Gasteiger partial charge in [0, 0.05) is 29.9 Å². The van der Waals surface area contributed by atoms with Gasteiger partial charge in [-0.3, -0.25) is 0 Å². The smallest absolute Gasteiger partial charge is 0.207 e. The van der Waals surface area contributed by atoms with Gasteiger partial charge in [-0.05, 0) is 44.4 Å². The van der Waals surface area contributed by atoms with Crippen molar-refractivity contribution in [3.05, 3.63) is 53.4 Å². The SMILES string of the molecule is Cc1ccccc1N1C(C)c2oc3c(ccn3C)c2C12CCCCC2. The molecule has 1 unspecified atom stereocenters. The molecule has 5 rings (SSSR count). The largest absolute Gasteiger partial charge is 0.442 e. The molecule has 0 amide bonds. The second kappa shape index (κ2) is 5.17. The molecule has 0 bridgehead atoms. The van der Waals surface area contributed by atoms with E-state index in [1.54, 1.807) is 0 Å². The standard InChI is InChI=1S/C22H26N2O/c1-15-9-5-6-10-18(15)24-16(2)20-19(22(24)12-7-4-8-13-22)17-11-14-23(3)21(17)25-20/h5-6,9-11,14,16H,4,7-8,12-13H2,1-3H3. The van der Waals surface area contributed by atoms with Crippen LogP contribution < -0.4 is 4.90 Å². The first kappa shape index (κ1) is 15.1. The van der Waals surface area contributed by atoms with Crippen LogP contribution in [0.25, 0.3) is 11.1 Å². The van der Waals surface area contributed by atoms with Gasteiger partial charge >= 0.3 is 0 Å². The Morgan fingerprint density at radius 3 is 2.60 bits per heavy atom. The topological polar surface area (TPSA) is 21.3 Å². The number of rotatable bonds is 1. The van der Waals surface area contributed by atoms with Crippen LogP contribution in [0.2, 0.25) is 0 Å². The summed E-state index contributed by atoms with van der Waals surface area (Å²) in [5, 5.41) is 1.32. The molecule has 1 saturated carbocycles. The molecule has 2 aromatic heterocycles. The van der Waals surface area contributed by atoms with Gasteiger partial charge in [0.2, 0.25) is 5.71 Å². The number of anilines is 1. The highest BCUT2D eigenvalue weighted by Crippen LogP contribution is 2.58. The quantitative estimate of drug-likeness (QED) is 0.559. The zero-order valence-electron chi connectivity index (χ0n) is 15.4. The molecule has 2 aliphatic rings. The Balaban J connectivity index is 1.79. The Hall–Kier alpha value is -2.16. The number of aromatic nitrogens is 1. The third-order valence-electron chi connectivity index (χ3n) is 6.49. The summed E-state index contributed by atoms with van der Waals surface area (Å²) in [4.78, 5) is 2.68. The molecule has 0 N–H and O–H groups in total. The molecule has 130 valence electrons. The van der Waals surface area contributed by atoms with Crippen molar-refractivity contribution >= 4 is 16.8 Å². The van der Waals surface area contributed by atoms with E-state index in [2.05, 4.69) is 66.9 Å². The van der Waals surface area contributed by atoms with Crippen LogP contribution in [0.1, 0.15) is 62.0 Å². The number of furan rings is 1. The van der Waals surface area contributed by atoms with E-state index in [9.17, 15) is 0 Å². The lowest BCUT2D eigenvalue weighted by Crippen LogP contribution is -2.44. The van der Waals surface area contributed by atoms with Gasteiger partial charge < -0.3 is 13.9 Å². The predicted molar refractivity (Wildman–Crippen MR) is 102 cm³/mol. The zero-order valence-corrected chi connectivity index (χ0v) is 15.4. The summed E-state index contributed by atoms with van der Waals surface area (Å²) in [7, 11) is 2.08. The van der Waals surface area contributed by atoms with Gasteiger partial charge in [0.25, 0.3) is 0 Å². The summed E-state index contributed by atoms with van der Waals surface area (Å²) in [6.07, 6.45) is 8.53. The van der Waals surface area contributed by atoms with Crippen molar-refractivity contribution in [2.24, 2.45) is 7.05 Å². The normalized spacial score (nSPS) is 22.0. The summed E-state index contributed by atoms with van der Waals surface area (Å²) >= 11 is 0. The van der Waals surface area contributed by atoms with Crippen molar-refractivity contribution in [1.29, 1.82) is 0 Å². The molecule has 0 saturated heterocycles. The summed E-state index contributed by atoms with van der Waals surface area (Å²) in [6.45, 7) is 4.55. The molecule has 1 aromatic carbocycles. The molecular formula is C22H26N2O. The maximum absolute atomic E-state index is 6.43. The first-order valence-electron chi connectivity index (χ1n) is 9.57. The number of hydrogen-bond donors (Lipinski definition) is 0. The van der Waals surface area contributed by atoms with Gasteiger partial charge in [-0.25, -0.2) is 0 Å². The van der Waals surface area contributed by atoms with Crippen molar-refractivity contribution in [3.63, 3.8) is 0 Å². The summed E-state index contributed by atoms with van der Waals surface area (Å²) < 4.78 is 8.55. The first-order valence-corrected chi connectivity index (χ1v) is 9.57. The lowest BCUT2D eigenvalue weighted by atomic mass is 9.76. The molecule has 3 heterocycles. The van der Waals surface area contributed by atoms with Gasteiger partial charge in [-0.1, -0.05) is 37.5 Å². The zero-order chi connectivity index (χ0) is 17.2. The van der Waals surface area contributed by atoms with Gasteiger partial charge in [0.05, 0.1) is 11.6 Å². The van der Waals surface area contributed by atoms with Gasteiger partial charge in [0.1, 0.15) is 5.76 Å². The Bertz CT molecular complexity index is 942. The van der Waals surface area contributed by atoms with Crippen LogP contribution in [0.15, 0.2) is 40.9 Å². The van der Waals surface area contributed by atoms with Gasteiger partial charge in [-0.15, -0.1) is 0 Å². The maximum Gasteiger partial charge on any atom is 0.207 e. The van der Waals surface area contributed by atoms with Crippen molar-refractivity contribution in [2.75, 3.05) is 4.90 Å². The third kappa shape index (κ3) is 1.87. The van der Waals surface area contributed by atoms with Crippen LogP contribution >= 0.6 is 0 Å². The highest BCUT2D eigenvalue weighted by molar-refractivity contribution is 5.85. The van der Waals surface area contributed by atoms with Crippen LogP contribution in [-0.4, -0.2) is 4.57 Å². The minimum atomic E-state index is 0.0890. The van der Waals surface area contributed by atoms with Gasteiger partial charge in [-0.2, -0.15) is 0 Å². The summed E-state index contributed by atoms with van der Waals surface area (Å²) in [5.41, 5.74) is 5.32. The Labute approximate surface area is 149 Å². The van der Waals surface area contributed by atoms with Crippen LogP contribution in [0.4, 0.5) is 5.69 Å². The number of aryl methyl sites for hydroxylation is 2. The van der Waals surface area contributed by atoms with E-state index >= 15 is 0 Å². The highest BCUT2D eigenvalue weighted by atomic mass is 16.4. The minimum Gasteiger partial charge on any atom is -0.442 e. The molecule has 3 aromatic rings. The molecule has 1 atom stereocenters. The summed E-state index contributed by atoms with van der Waals surface area (Å²) in [6, 6.07) is 11.4. The highest BCUT2D eigenvalue weighted by Gasteiger charge is 2.53. The third-order valence-corrected chi connectivity index (χ3v) is 6.49. The molecule has 1 spiro atoms. The fraction of sp³-hybridized carbons (Fsp3) is 0.455. The van der Waals surface area contributed by atoms with Crippen LogP contribution in [-0.2, 0) is 12.6 Å². The van der Waals surface area contributed by atoms with E-state index in [4.69, 9.17) is 4.42 Å². The number of hydrogen-bond acceptors (Lipinski definition) is 2. The van der Waals surface area contributed by atoms with Gasteiger partial charge in [0.15, 0.2) is 0 Å². The number of benzene rings is 1. The van der Waals surface area contributed by atoms with E-state index in [-0.39, 0.29) is 11.6 Å². The number of fused-ring (bicyclic) bond motifs is 4. The number of nitrogens with zero attached hydrogens (tertiary/aromatic N) is 2. The van der Waals surface area contributed by atoms with Crippen LogP contribution in [0.3, 0.4) is 0 Å². The lowest BCUT2D eigenvalue weighted by molar-refractivity contribution is 0.285. The number of para-hydroxylation sites is 1. The molecule has 3 nitrogen and oxygen atoms in total. The molecular weight excluding hydrogens is 308 g/mol. The fourth-order valence-electron chi connectivity index (χ4n) is 5.40. The predicted octanol–water partition coefficient (Wildman–Crippen LogP) is 5.82. The van der Waals surface area contributed by atoms with E-state index in [0.717, 1.165) is 5.71 Å². The van der Waals surface area contributed by atoms with E-state index in [1.165, 1.54) is 60.1 Å². The van der Waals surface area contributed by atoms with E-state index in [0.29, 0.717) is 0 Å². The van der Waals surface area contributed by atoms with Crippen molar-refractivity contribution in [2.45, 2.75) is 57.5 Å².